The molecule has 26 heavy (non-hydrogen) atoms. The van der Waals surface area contributed by atoms with Crippen molar-refractivity contribution in [2.45, 2.75) is 33.7 Å². The monoisotopic (exact) mass is 354 g/mol. The summed E-state index contributed by atoms with van der Waals surface area (Å²) >= 11 is 0. The van der Waals surface area contributed by atoms with Gasteiger partial charge in [0.1, 0.15) is 5.75 Å². The van der Waals surface area contributed by atoms with Gasteiger partial charge < -0.3 is 15.4 Å². The lowest BCUT2D eigenvalue weighted by Gasteiger charge is -2.16. The summed E-state index contributed by atoms with van der Waals surface area (Å²) in [6.07, 6.45) is 0. The molecular formula is C21H26N2O3. The molecule has 0 radical (unpaired) electrons. The summed E-state index contributed by atoms with van der Waals surface area (Å²) in [4.78, 5) is 23.7. The van der Waals surface area contributed by atoms with E-state index in [1.54, 1.807) is 12.1 Å². The van der Waals surface area contributed by atoms with E-state index in [-0.39, 0.29) is 17.9 Å². The zero-order chi connectivity index (χ0) is 19.1. The van der Waals surface area contributed by atoms with Gasteiger partial charge in [0, 0.05) is 18.2 Å². The highest BCUT2D eigenvalue weighted by Crippen LogP contribution is 2.19. The van der Waals surface area contributed by atoms with Gasteiger partial charge in [0.25, 0.3) is 5.91 Å². The fourth-order valence-electron chi connectivity index (χ4n) is 2.44. The van der Waals surface area contributed by atoms with Crippen molar-refractivity contribution in [2.75, 3.05) is 11.9 Å². The van der Waals surface area contributed by atoms with E-state index in [9.17, 15) is 9.59 Å². The maximum atomic E-state index is 12.5. The summed E-state index contributed by atoms with van der Waals surface area (Å²) in [6.45, 7) is 8.13. The summed E-state index contributed by atoms with van der Waals surface area (Å²) in [6, 6.07) is 14.4. The average Bonchev–Trinajstić information content (AvgIpc) is 2.59. The Morgan fingerprint density at radius 2 is 1.77 bits per heavy atom. The van der Waals surface area contributed by atoms with Crippen LogP contribution < -0.4 is 15.4 Å². The Kier molecular flexibility index (Phi) is 6.78. The molecule has 0 aliphatic rings. The molecule has 1 unspecified atom stereocenters. The molecule has 2 amide bonds. The first kappa shape index (κ1) is 19.5. The van der Waals surface area contributed by atoms with Crippen molar-refractivity contribution in [1.82, 2.24) is 5.32 Å². The predicted octanol–water partition coefficient (Wildman–Crippen LogP) is 4.17. The topological polar surface area (TPSA) is 67.4 Å². The van der Waals surface area contributed by atoms with Gasteiger partial charge in [-0.25, -0.2) is 0 Å². The van der Waals surface area contributed by atoms with E-state index in [1.165, 1.54) is 6.92 Å². The number of anilines is 1. The molecule has 2 aromatic carbocycles. The molecule has 2 N–H and O–H groups in total. The Labute approximate surface area is 154 Å². The SMILES string of the molecule is CC(=O)Nc1cccc(C(C)NC(=O)c2cccc(OCC(C)C)c2)c1. The Balaban J connectivity index is 2.05. The lowest BCUT2D eigenvalue weighted by molar-refractivity contribution is -0.114. The summed E-state index contributed by atoms with van der Waals surface area (Å²) in [5.41, 5.74) is 2.17. The van der Waals surface area contributed by atoms with E-state index in [0.29, 0.717) is 29.5 Å². The van der Waals surface area contributed by atoms with Crippen molar-refractivity contribution in [3.05, 3.63) is 59.7 Å². The van der Waals surface area contributed by atoms with Crippen LogP contribution >= 0.6 is 0 Å². The van der Waals surface area contributed by atoms with Crippen molar-refractivity contribution >= 4 is 17.5 Å². The smallest absolute Gasteiger partial charge is 0.251 e. The highest BCUT2D eigenvalue weighted by Gasteiger charge is 2.13. The molecular weight excluding hydrogens is 328 g/mol. The molecule has 0 aliphatic heterocycles. The number of ether oxygens (including phenoxy) is 1. The van der Waals surface area contributed by atoms with Gasteiger partial charge in [0.05, 0.1) is 12.6 Å². The standard InChI is InChI=1S/C21H26N2O3/c1-14(2)13-26-20-10-6-8-18(12-20)21(25)22-15(3)17-7-5-9-19(11-17)23-16(4)24/h5-12,14-15H,13H2,1-4H3,(H,22,25)(H,23,24). The molecule has 1 atom stereocenters. The van der Waals surface area contributed by atoms with Crippen molar-refractivity contribution in [3.63, 3.8) is 0 Å². The van der Waals surface area contributed by atoms with E-state index in [2.05, 4.69) is 24.5 Å². The molecule has 5 heteroatoms. The van der Waals surface area contributed by atoms with Crippen LogP contribution in [0.1, 0.15) is 49.7 Å². The molecule has 0 spiro atoms. The van der Waals surface area contributed by atoms with Crippen molar-refractivity contribution in [2.24, 2.45) is 5.92 Å². The van der Waals surface area contributed by atoms with Crippen LogP contribution in [-0.4, -0.2) is 18.4 Å². The van der Waals surface area contributed by atoms with E-state index < -0.39 is 0 Å². The third kappa shape index (κ3) is 5.92. The Hall–Kier alpha value is -2.82. The maximum absolute atomic E-state index is 12.5. The van der Waals surface area contributed by atoms with Crippen LogP contribution in [0.2, 0.25) is 0 Å². The lowest BCUT2D eigenvalue weighted by Crippen LogP contribution is -2.26. The number of benzene rings is 2. The normalized spacial score (nSPS) is 11.7. The molecule has 0 saturated carbocycles. The fraction of sp³-hybridized carbons (Fsp3) is 0.333. The van der Waals surface area contributed by atoms with Gasteiger partial charge in [0.15, 0.2) is 0 Å². The van der Waals surface area contributed by atoms with Gasteiger partial charge in [-0.2, -0.15) is 0 Å². The zero-order valence-electron chi connectivity index (χ0n) is 15.7. The van der Waals surface area contributed by atoms with Crippen LogP contribution in [-0.2, 0) is 4.79 Å². The molecule has 2 aromatic rings. The van der Waals surface area contributed by atoms with Gasteiger partial charge in [-0.15, -0.1) is 0 Å². The zero-order valence-corrected chi connectivity index (χ0v) is 15.7. The first-order valence-corrected chi connectivity index (χ1v) is 8.76. The molecule has 0 aromatic heterocycles. The molecule has 0 aliphatic carbocycles. The molecule has 2 rings (SSSR count). The molecule has 0 heterocycles. The van der Waals surface area contributed by atoms with Crippen molar-refractivity contribution in [3.8, 4) is 5.75 Å². The van der Waals surface area contributed by atoms with Crippen LogP contribution in [0.3, 0.4) is 0 Å². The van der Waals surface area contributed by atoms with E-state index in [1.807, 2.05) is 43.3 Å². The molecule has 0 fully saturated rings. The largest absolute Gasteiger partial charge is 0.493 e. The van der Waals surface area contributed by atoms with Crippen molar-refractivity contribution < 1.29 is 14.3 Å². The highest BCUT2D eigenvalue weighted by molar-refractivity contribution is 5.95. The van der Waals surface area contributed by atoms with Gasteiger partial charge in [-0.1, -0.05) is 32.0 Å². The second-order valence-corrected chi connectivity index (χ2v) is 6.73. The number of amides is 2. The van der Waals surface area contributed by atoms with Gasteiger partial charge in [-0.05, 0) is 48.7 Å². The summed E-state index contributed by atoms with van der Waals surface area (Å²) < 4.78 is 5.68. The minimum atomic E-state index is -0.198. The number of hydrogen-bond acceptors (Lipinski definition) is 3. The molecule has 0 saturated heterocycles. The first-order chi connectivity index (χ1) is 12.3. The molecule has 5 nitrogen and oxygen atoms in total. The highest BCUT2D eigenvalue weighted by atomic mass is 16.5. The first-order valence-electron chi connectivity index (χ1n) is 8.76. The van der Waals surface area contributed by atoms with E-state index in [0.717, 1.165) is 5.56 Å². The van der Waals surface area contributed by atoms with Gasteiger partial charge in [0.2, 0.25) is 5.91 Å². The minimum Gasteiger partial charge on any atom is -0.493 e. The van der Waals surface area contributed by atoms with Crippen LogP contribution in [0, 0.1) is 5.92 Å². The van der Waals surface area contributed by atoms with Crippen LogP contribution in [0.4, 0.5) is 5.69 Å². The van der Waals surface area contributed by atoms with Crippen LogP contribution in [0.15, 0.2) is 48.5 Å². The summed E-state index contributed by atoms with van der Waals surface area (Å²) in [7, 11) is 0. The Morgan fingerprint density at radius 3 is 2.46 bits per heavy atom. The quantitative estimate of drug-likeness (QED) is 0.784. The van der Waals surface area contributed by atoms with Crippen molar-refractivity contribution in [1.29, 1.82) is 0 Å². The summed E-state index contributed by atoms with van der Waals surface area (Å²) in [5.74, 6) is 0.810. The third-order valence-electron chi connectivity index (χ3n) is 3.73. The second kappa shape index (κ2) is 9.04. The van der Waals surface area contributed by atoms with Gasteiger partial charge in [-0.3, -0.25) is 9.59 Å². The number of rotatable bonds is 7. The molecule has 0 bridgehead atoms. The number of nitrogens with one attached hydrogen (secondary N) is 2. The Bertz CT molecular complexity index is 771. The maximum Gasteiger partial charge on any atom is 0.251 e. The lowest BCUT2D eigenvalue weighted by atomic mass is 10.1. The predicted molar refractivity (Wildman–Crippen MR) is 103 cm³/mol. The minimum absolute atomic E-state index is 0.128. The fourth-order valence-corrected chi connectivity index (χ4v) is 2.44. The van der Waals surface area contributed by atoms with Crippen LogP contribution in [0.5, 0.6) is 5.75 Å². The second-order valence-electron chi connectivity index (χ2n) is 6.73. The summed E-state index contributed by atoms with van der Waals surface area (Å²) in [5, 5.41) is 5.73. The van der Waals surface area contributed by atoms with Crippen LogP contribution in [0.25, 0.3) is 0 Å². The average molecular weight is 354 g/mol. The van der Waals surface area contributed by atoms with Gasteiger partial charge >= 0.3 is 0 Å². The number of carbonyl (C=O) groups is 2. The molecule has 138 valence electrons. The third-order valence-corrected chi connectivity index (χ3v) is 3.73. The number of carbonyl (C=O) groups excluding carboxylic acids is 2. The van der Waals surface area contributed by atoms with E-state index in [4.69, 9.17) is 4.74 Å². The number of hydrogen-bond donors (Lipinski definition) is 2. The van der Waals surface area contributed by atoms with E-state index >= 15 is 0 Å². The Morgan fingerprint density at radius 1 is 1.04 bits per heavy atom.